The molecule has 0 heterocycles. The summed E-state index contributed by atoms with van der Waals surface area (Å²) in [4.78, 5) is 23.5. The zero-order valence-electron chi connectivity index (χ0n) is 14.0. The standard InChI is InChI=1S/C19H21NO4/c1-13(21)16-5-4-6-18(11-16)24-14(2)19(22)20-12-15-7-9-17(23-3)10-8-15/h4-11,14H,12H2,1-3H3,(H,20,22)/t14-/m1/s1. The molecule has 126 valence electrons. The predicted molar refractivity (Wildman–Crippen MR) is 91.4 cm³/mol. The van der Waals surface area contributed by atoms with E-state index >= 15 is 0 Å². The van der Waals surface area contributed by atoms with E-state index in [0.29, 0.717) is 17.9 Å². The maximum absolute atomic E-state index is 12.1. The summed E-state index contributed by atoms with van der Waals surface area (Å²) in [5, 5.41) is 2.82. The van der Waals surface area contributed by atoms with Crippen molar-refractivity contribution in [2.75, 3.05) is 7.11 Å². The summed E-state index contributed by atoms with van der Waals surface area (Å²) in [6, 6.07) is 14.3. The lowest BCUT2D eigenvalue weighted by Gasteiger charge is -2.15. The average Bonchev–Trinajstić information content (AvgIpc) is 2.60. The fraction of sp³-hybridized carbons (Fsp3) is 0.263. The molecule has 0 spiro atoms. The minimum atomic E-state index is -0.662. The van der Waals surface area contributed by atoms with Gasteiger partial charge in [-0.1, -0.05) is 24.3 Å². The van der Waals surface area contributed by atoms with Gasteiger partial charge < -0.3 is 14.8 Å². The molecule has 24 heavy (non-hydrogen) atoms. The van der Waals surface area contributed by atoms with Gasteiger partial charge in [0.25, 0.3) is 5.91 Å². The Labute approximate surface area is 141 Å². The fourth-order valence-electron chi connectivity index (χ4n) is 2.12. The number of hydrogen-bond acceptors (Lipinski definition) is 4. The number of ketones is 1. The second kappa shape index (κ2) is 8.15. The van der Waals surface area contributed by atoms with E-state index < -0.39 is 6.10 Å². The minimum Gasteiger partial charge on any atom is -0.497 e. The molecule has 0 bridgehead atoms. The van der Waals surface area contributed by atoms with E-state index in [1.54, 1.807) is 38.3 Å². The van der Waals surface area contributed by atoms with E-state index in [4.69, 9.17) is 9.47 Å². The van der Waals surface area contributed by atoms with Crippen molar-refractivity contribution in [3.05, 3.63) is 59.7 Å². The number of amides is 1. The molecule has 1 amide bonds. The van der Waals surface area contributed by atoms with Gasteiger partial charge in [-0.3, -0.25) is 9.59 Å². The first-order chi connectivity index (χ1) is 11.5. The van der Waals surface area contributed by atoms with Crippen molar-refractivity contribution in [1.29, 1.82) is 0 Å². The van der Waals surface area contributed by atoms with Crippen LogP contribution >= 0.6 is 0 Å². The summed E-state index contributed by atoms with van der Waals surface area (Å²) in [5.41, 5.74) is 1.52. The van der Waals surface area contributed by atoms with E-state index in [2.05, 4.69) is 5.32 Å². The third kappa shape index (κ3) is 4.84. The van der Waals surface area contributed by atoms with Crippen molar-refractivity contribution in [2.24, 2.45) is 0 Å². The predicted octanol–water partition coefficient (Wildman–Crippen LogP) is 2.98. The van der Waals surface area contributed by atoms with E-state index in [0.717, 1.165) is 11.3 Å². The van der Waals surface area contributed by atoms with Crippen LogP contribution in [0.5, 0.6) is 11.5 Å². The Morgan fingerprint density at radius 1 is 1.08 bits per heavy atom. The normalized spacial score (nSPS) is 11.5. The van der Waals surface area contributed by atoms with Crippen LogP contribution in [-0.2, 0) is 11.3 Å². The Kier molecular flexibility index (Phi) is 5.95. The highest BCUT2D eigenvalue weighted by atomic mass is 16.5. The van der Waals surface area contributed by atoms with Crippen LogP contribution in [-0.4, -0.2) is 24.9 Å². The van der Waals surface area contributed by atoms with Crippen LogP contribution in [0.3, 0.4) is 0 Å². The molecule has 0 unspecified atom stereocenters. The van der Waals surface area contributed by atoms with Gasteiger partial charge in [-0.05, 0) is 43.7 Å². The van der Waals surface area contributed by atoms with Crippen LogP contribution in [0.1, 0.15) is 29.8 Å². The summed E-state index contributed by atoms with van der Waals surface area (Å²) in [5.74, 6) is 0.998. The third-order valence-electron chi connectivity index (χ3n) is 3.55. The van der Waals surface area contributed by atoms with Crippen molar-refractivity contribution in [2.45, 2.75) is 26.5 Å². The molecule has 2 aromatic carbocycles. The number of rotatable bonds is 7. The van der Waals surface area contributed by atoms with Crippen molar-refractivity contribution >= 4 is 11.7 Å². The quantitative estimate of drug-likeness (QED) is 0.794. The fourth-order valence-corrected chi connectivity index (χ4v) is 2.12. The molecule has 0 fully saturated rings. The number of nitrogens with one attached hydrogen (secondary N) is 1. The molecule has 0 saturated heterocycles. The zero-order chi connectivity index (χ0) is 17.5. The van der Waals surface area contributed by atoms with Gasteiger partial charge in [-0.25, -0.2) is 0 Å². The van der Waals surface area contributed by atoms with Crippen molar-refractivity contribution in [1.82, 2.24) is 5.32 Å². The van der Waals surface area contributed by atoms with Crippen molar-refractivity contribution in [3.8, 4) is 11.5 Å². The Balaban J connectivity index is 1.89. The van der Waals surface area contributed by atoms with Crippen LogP contribution in [0.4, 0.5) is 0 Å². The monoisotopic (exact) mass is 327 g/mol. The summed E-state index contributed by atoms with van der Waals surface area (Å²) in [6.07, 6.45) is -0.662. The average molecular weight is 327 g/mol. The van der Waals surface area contributed by atoms with Gasteiger partial charge in [-0.15, -0.1) is 0 Å². The zero-order valence-corrected chi connectivity index (χ0v) is 14.0. The van der Waals surface area contributed by atoms with Crippen LogP contribution in [0.25, 0.3) is 0 Å². The molecule has 0 aliphatic rings. The number of carbonyl (C=O) groups excluding carboxylic acids is 2. The molecular formula is C19H21NO4. The highest BCUT2D eigenvalue weighted by Crippen LogP contribution is 2.16. The van der Waals surface area contributed by atoms with E-state index in [1.165, 1.54) is 6.92 Å². The van der Waals surface area contributed by atoms with Gasteiger partial charge in [0.2, 0.25) is 0 Å². The van der Waals surface area contributed by atoms with Crippen molar-refractivity contribution < 1.29 is 19.1 Å². The first-order valence-corrected chi connectivity index (χ1v) is 7.68. The van der Waals surface area contributed by atoms with Gasteiger partial charge >= 0.3 is 0 Å². The molecule has 2 rings (SSSR count). The lowest BCUT2D eigenvalue weighted by Crippen LogP contribution is -2.35. The largest absolute Gasteiger partial charge is 0.497 e. The Morgan fingerprint density at radius 3 is 2.42 bits per heavy atom. The van der Waals surface area contributed by atoms with Gasteiger partial charge in [-0.2, -0.15) is 0 Å². The summed E-state index contributed by atoms with van der Waals surface area (Å²) < 4.78 is 10.7. The second-order valence-electron chi connectivity index (χ2n) is 5.41. The number of methoxy groups -OCH3 is 1. The SMILES string of the molecule is COc1ccc(CNC(=O)[C@@H](C)Oc2cccc(C(C)=O)c2)cc1. The number of benzene rings is 2. The number of ether oxygens (including phenoxy) is 2. The van der Waals surface area contributed by atoms with Gasteiger partial charge in [0.05, 0.1) is 7.11 Å². The van der Waals surface area contributed by atoms with E-state index in [1.807, 2.05) is 24.3 Å². The maximum Gasteiger partial charge on any atom is 0.261 e. The molecule has 0 aliphatic heterocycles. The summed E-state index contributed by atoms with van der Waals surface area (Å²) in [7, 11) is 1.61. The molecule has 0 aliphatic carbocycles. The highest BCUT2D eigenvalue weighted by Gasteiger charge is 2.14. The smallest absolute Gasteiger partial charge is 0.261 e. The molecule has 1 atom stereocenters. The molecule has 0 saturated carbocycles. The van der Waals surface area contributed by atoms with E-state index in [9.17, 15) is 9.59 Å². The molecule has 5 heteroatoms. The van der Waals surface area contributed by atoms with Crippen molar-refractivity contribution in [3.63, 3.8) is 0 Å². The van der Waals surface area contributed by atoms with E-state index in [-0.39, 0.29) is 11.7 Å². The van der Waals surface area contributed by atoms with Gasteiger partial charge in [0, 0.05) is 12.1 Å². The van der Waals surface area contributed by atoms with Crippen LogP contribution in [0, 0.1) is 0 Å². The van der Waals surface area contributed by atoms with Gasteiger partial charge in [0.15, 0.2) is 11.9 Å². The Hall–Kier alpha value is -2.82. The first-order valence-electron chi connectivity index (χ1n) is 7.68. The maximum atomic E-state index is 12.1. The number of Topliss-reactive ketones (excluding diaryl/α,β-unsaturated/α-hetero) is 1. The molecular weight excluding hydrogens is 306 g/mol. The molecule has 0 radical (unpaired) electrons. The Bertz CT molecular complexity index is 710. The summed E-state index contributed by atoms with van der Waals surface area (Å²) in [6.45, 7) is 3.57. The molecule has 5 nitrogen and oxygen atoms in total. The van der Waals surface area contributed by atoms with Gasteiger partial charge in [0.1, 0.15) is 11.5 Å². The number of carbonyl (C=O) groups is 2. The highest BCUT2D eigenvalue weighted by molar-refractivity contribution is 5.94. The molecule has 0 aromatic heterocycles. The lowest BCUT2D eigenvalue weighted by molar-refractivity contribution is -0.127. The second-order valence-corrected chi connectivity index (χ2v) is 5.41. The first kappa shape index (κ1) is 17.5. The molecule has 1 N–H and O–H groups in total. The third-order valence-corrected chi connectivity index (χ3v) is 3.55. The van der Waals surface area contributed by atoms with Crippen LogP contribution in [0.2, 0.25) is 0 Å². The van der Waals surface area contributed by atoms with Crippen LogP contribution < -0.4 is 14.8 Å². The Morgan fingerprint density at radius 2 is 1.79 bits per heavy atom. The molecule has 2 aromatic rings. The van der Waals surface area contributed by atoms with Crippen LogP contribution in [0.15, 0.2) is 48.5 Å². The minimum absolute atomic E-state index is 0.0444. The number of hydrogen-bond donors (Lipinski definition) is 1. The summed E-state index contributed by atoms with van der Waals surface area (Å²) >= 11 is 0. The topological polar surface area (TPSA) is 64.6 Å². The lowest BCUT2D eigenvalue weighted by atomic mass is 10.1.